The molecule has 0 saturated heterocycles. The van der Waals surface area contributed by atoms with Gasteiger partial charge in [-0.05, 0) is 47.2 Å². The minimum absolute atomic E-state index is 0.984. The fourth-order valence-electron chi connectivity index (χ4n) is 1.15. The quantitative estimate of drug-likeness (QED) is 0.543. The van der Waals surface area contributed by atoms with Crippen molar-refractivity contribution in [2.45, 2.75) is 6.92 Å². The number of pyridine rings is 2. The number of halogens is 1. The first-order valence-electron chi connectivity index (χ1n) is 3.64. The molecular weight excluding hydrogens is 263 g/mol. The standard InChI is InChI=1S/C9H7IN2/c1-6-2-3-11-8-4-9(10)12-5-7(6)8/h2-5H,1H3. The average Bonchev–Trinajstić information content (AvgIpc) is 2.04. The Labute approximate surface area is 84.2 Å². The Morgan fingerprint density at radius 3 is 3.00 bits per heavy atom. The number of aryl methyl sites for hydroxylation is 1. The van der Waals surface area contributed by atoms with Gasteiger partial charge in [-0.3, -0.25) is 4.98 Å². The summed E-state index contributed by atoms with van der Waals surface area (Å²) in [4.78, 5) is 8.47. The molecule has 2 nitrogen and oxygen atoms in total. The second-order valence-corrected chi connectivity index (χ2v) is 3.76. The summed E-state index contributed by atoms with van der Waals surface area (Å²) in [6, 6.07) is 3.99. The van der Waals surface area contributed by atoms with Crippen LogP contribution in [0.15, 0.2) is 24.5 Å². The summed E-state index contributed by atoms with van der Waals surface area (Å²) in [6.07, 6.45) is 3.70. The van der Waals surface area contributed by atoms with Crippen LogP contribution >= 0.6 is 22.6 Å². The molecule has 0 aromatic carbocycles. The molecule has 2 rings (SSSR count). The summed E-state index contributed by atoms with van der Waals surface area (Å²) >= 11 is 2.19. The van der Waals surface area contributed by atoms with Crippen LogP contribution in [0.25, 0.3) is 10.9 Å². The first-order chi connectivity index (χ1) is 5.77. The second kappa shape index (κ2) is 2.97. The van der Waals surface area contributed by atoms with Gasteiger partial charge in [-0.2, -0.15) is 0 Å². The van der Waals surface area contributed by atoms with Crippen LogP contribution in [-0.4, -0.2) is 9.97 Å². The first kappa shape index (κ1) is 7.91. The van der Waals surface area contributed by atoms with E-state index in [0.29, 0.717) is 0 Å². The highest BCUT2D eigenvalue weighted by Crippen LogP contribution is 2.15. The van der Waals surface area contributed by atoms with Crippen molar-refractivity contribution in [2.75, 3.05) is 0 Å². The van der Waals surface area contributed by atoms with E-state index in [-0.39, 0.29) is 0 Å². The Morgan fingerprint density at radius 2 is 2.17 bits per heavy atom. The highest BCUT2D eigenvalue weighted by Gasteiger charge is 1.98. The summed E-state index contributed by atoms with van der Waals surface area (Å²) in [7, 11) is 0. The molecule has 0 radical (unpaired) electrons. The lowest BCUT2D eigenvalue weighted by Gasteiger charge is -1.99. The Morgan fingerprint density at radius 1 is 1.33 bits per heavy atom. The predicted octanol–water partition coefficient (Wildman–Crippen LogP) is 2.54. The van der Waals surface area contributed by atoms with Gasteiger partial charge < -0.3 is 0 Å². The zero-order valence-electron chi connectivity index (χ0n) is 6.58. The second-order valence-electron chi connectivity index (χ2n) is 2.65. The van der Waals surface area contributed by atoms with Gasteiger partial charge in [-0.15, -0.1) is 0 Å². The van der Waals surface area contributed by atoms with E-state index in [4.69, 9.17) is 0 Å². The zero-order valence-corrected chi connectivity index (χ0v) is 8.74. The normalized spacial score (nSPS) is 10.5. The number of hydrogen-bond donors (Lipinski definition) is 0. The van der Waals surface area contributed by atoms with Crippen molar-refractivity contribution < 1.29 is 0 Å². The highest BCUT2D eigenvalue weighted by atomic mass is 127. The molecule has 0 aliphatic rings. The van der Waals surface area contributed by atoms with Crippen molar-refractivity contribution in [1.29, 1.82) is 0 Å². The van der Waals surface area contributed by atoms with Gasteiger partial charge in [0.1, 0.15) is 3.70 Å². The SMILES string of the molecule is Cc1ccnc2cc(I)ncc12. The predicted molar refractivity (Wildman–Crippen MR) is 57.0 cm³/mol. The average molecular weight is 270 g/mol. The molecule has 12 heavy (non-hydrogen) atoms. The van der Waals surface area contributed by atoms with Crippen LogP contribution in [0.4, 0.5) is 0 Å². The molecule has 0 atom stereocenters. The Balaban J connectivity index is 2.86. The van der Waals surface area contributed by atoms with Crippen molar-refractivity contribution in [1.82, 2.24) is 9.97 Å². The minimum Gasteiger partial charge on any atom is -0.256 e. The number of fused-ring (bicyclic) bond motifs is 1. The van der Waals surface area contributed by atoms with Crippen molar-refractivity contribution in [3.63, 3.8) is 0 Å². The molecule has 0 aliphatic carbocycles. The molecule has 0 fully saturated rings. The number of rotatable bonds is 0. The lowest BCUT2D eigenvalue weighted by Crippen LogP contribution is -1.85. The summed E-state index contributed by atoms with van der Waals surface area (Å²) < 4.78 is 0.984. The summed E-state index contributed by atoms with van der Waals surface area (Å²) in [6.45, 7) is 2.07. The summed E-state index contributed by atoms with van der Waals surface area (Å²) in [5.74, 6) is 0. The summed E-state index contributed by atoms with van der Waals surface area (Å²) in [5.41, 5.74) is 2.25. The Kier molecular flexibility index (Phi) is 1.96. The van der Waals surface area contributed by atoms with Crippen molar-refractivity contribution in [3.8, 4) is 0 Å². The van der Waals surface area contributed by atoms with Gasteiger partial charge in [0, 0.05) is 17.8 Å². The lowest BCUT2D eigenvalue weighted by atomic mass is 10.2. The van der Waals surface area contributed by atoms with E-state index < -0.39 is 0 Å². The van der Waals surface area contributed by atoms with E-state index in [1.165, 1.54) is 5.56 Å². The fraction of sp³-hybridized carbons (Fsp3) is 0.111. The van der Waals surface area contributed by atoms with Crippen LogP contribution in [0.1, 0.15) is 5.56 Å². The minimum atomic E-state index is 0.984. The van der Waals surface area contributed by atoms with Crippen LogP contribution in [0.3, 0.4) is 0 Å². The van der Waals surface area contributed by atoms with Gasteiger partial charge in [0.05, 0.1) is 5.52 Å². The molecule has 0 saturated carbocycles. The maximum Gasteiger partial charge on any atom is 0.103 e. The smallest absolute Gasteiger partial charge is 0.103 e. The van der Waals surface area contributed by atoms with E-state index in [9.17, 15) is 0 Å². The van der Waals surface area contributed by atoms with Gasteiger partial charge in [0.2, 0.25) is 0 Å². The van der Waals surface area contributed by atoms with Gasteiger partial charge in [-0.1, -0.05) is 0 Å². The van der Waals surface area contributed by atoms with Crippen LogP contribution in [-0.2, 0) is 0 Å². The topological polar surface area (TPSA) is 25.8 Å². The van der Waals surface area contributed by atoms with Crippen LogP contribution in [0, 0.1) is 10.6 Å². The van der Waals surface area contributed by atoms with Crippen LogP contribution in [0.5, 0.6) is 0 Å². The largest absolute Gasteiger partial charge is 0.256 e. The summed E-state index contributed by atoms with van der Waals surface area (Å²) in [5, 5.41) is 1.14. The zero-order chi connectivity index (χ0) is 8.55. The molecule has 0 N–H and O–H groups in total. The van der Waals surface area contributed by atoms with Crippen molar-refractivity contribution in [3.05, 3.63) is 33.8 Å². The molecule has 2 aromatic rings. The lowest BCUT2D eigenvalue weighted by molar-refractivity contribution is 1.26. The van der Waals surface area contributed by atoms with Crippen molar-refractivity contribution >= 4 is 33.5 Å². The maximum atomic E-state index is 4.26. The number of aromatic nitrogens is 2. The Hall–Kier alpha value is -0.710. The maximum absolute atomic E-state index is 4.26. The van der Waals surface area contributed by atoms with Gasteiger partial charge in [0.15, 0.2) is 0 Å². The van der Waals surface area contributed by atoms with Gasteiger partial charge in [-0.25, -0.2) is 4.98 Å². The molecular formula is C9H7IN2. The van der Waals surface area contributed by atoms with E-state index in [0.717, 1.165) is 14.6 Å². The number of nitrogens with zero attached hydrogens (tertiary/aromatic N) is 2. The third kappa shape index (κ3) is 1.29. The molecule has 2 heterocycles. The van der Waals surface area contributed by atoms with Crippen LogP contribution in [0.2, 0.25) is 0 Å². The number of hydrogen-bond acceptors (Lipinski definition) is 2. The molecule has 0 unspecified atom stereocenters. The molecule has 0 bridgehead atoms. The van der Waals surface area contributed by atoms with Crippen molar-refractivity contribution in [2.24, 2.45) is 0 Å². The Bertz CT molecular complexity index is 426. The third-order valence-corrected chi connectivity index (χ3v) is 2.40. The fourth-order valence-corrected chi connectivity index (χ4v) is 1.58. The monoisotopic (exact) mass is 270 g/mol. The third-order valence-electron chi connectivity index (χ3n) is 1.81. The van der Waals surface area contributed by atoms with E-state index in [1.807, 2.05) is 24.5 Å². The van der Waals surface area contributed by atoms with E-state index in [2.05, 4.69) is 39.5 Å². The molecule has 0 aliphatic heterocycles. The van der Waals surface area contributed by atoms with Gasteiger partial charge in [0.25, 0.3) is 0 Å². The van der Waals surface area contributed by atoms with Crippen LogP contribution < -0.4 is 0 Å². The van der Waals surface area contributed by atoms with Gasteiger partial charge >= 0.3 is 0 Å². The molecule has 60 valence electrons. The molecule has 0 spiro atoms. The first-order valence-corrected chi connectivity index (χ1v) is 4.72. The van der Waals surface area contributed by atoms with E-state index >= 15 is 0 Å². The van der Waals surface area contributed by atoms with E-state index in [1.54, 1.807) is 0 Å². The highest BCUT2D eigenvalue weighted by molar-refractivity contribution is 14.1. The molecule has 0 amide bonds. The molecule has 3 heteroatoms. The molecule has 2 aromatic heterocycles.